The lowest BCUT2D eigenvalue weighted by Crippen LogP contribution is -2.36. The van der Waals surface area contributed by atoms with Crippen molar-refractivity contribution in [2.45, 2.75) is 25.7 Å². The molecule has 146 valence electrons. The maximum absolute atomic E-state index is 12.5. The van der Waals surface area contributed by atoms with Gasteiger partial charge in [0.1, 0.15) is 0 Å². The van der Waals surface area contributed by atoms with E-state index < -0.39 is 5.97 Å². The number of aromatic carboxylic acids is 1. The van der Waals surface area contributed by atoms with E-state index >= 15 is 0 Å². The van der Waals surface area contributed by atoms with Gasteiger partial charge in [-0.25, -0.2) is 4.79 Å². The van der Waals surface area contributed by atoms with Gasteiger partial charge in [-0.05, 0) is 41.7 Å². The lowest BCUT2D eigenvalue weighted by atomic mass is 10.0. The number of nitrogens with one attached hydrogen (secondary N) is 1. The molecule has 1 aliphatic heterocycles. The number of carboxylic acids is 1. The minimum Gasteiger partial charge on any atom is -0.478 e. The summed E-state index contributed by atoms with van der Waals surface area (Å²) in [4.78, 5) is 37.4. The Kier molecular flexibility index (Phi) is 6.42. The summed E-state index contributed by atoms with van der Waals surface area (Å²) >= 11 is 0. The van der Waals surface area contributed by atoms with Crippen molar-refractivity contribution in [3.8, 4) is 0 Å². The molecule has 2 aromatic carbocycles. The summed E-state index contributed by atoms with van der Waals surface area (Å²) in [7, 11) is 0. The van der Waals surface area contributed by atoms with Gasteiger partial charge in [-0.3, -0.25) is 9.59 Å². The Labute approximate surface area is 164 Å². The summed E-state index contributed by atoms with van der Waals surface area (Å²) in [5.41, 5.74) is 3.31. The third-order valence-corrected chi connectivity index (χ3v) is 4.98. The monoisotopic (exact) mass is 380 g/mol. The second kappa shape index (κ2) is 9.17. The number of amides is 2. The molecule has 0 aliphatic carbocycles. The summed E-state index contributed by atoms with van der Waals surface area (Å²) in [6.07, 6.45) is 1.92. The largest absolute Gasteiger partial charge is 0.478 e. The number of fused-ring (bicyclic) bond motifs is 1. The van der Waals surface area contributed by atoms with Gasteiger partial charge in [-0.2, -0.15) is 0 Å². The van der Waals surface area contributed by atoms with Gasteiger partial charge in [0.15, 0.2) is 0 Å². The Bertz CT molecular complexity index is 864. The van der Waals surface area contributed by atoms with Crippen LogP contribution in [0, 0.1) is 0 Å². The van der Waals surface area contributed by atoms with Crippen LogP contribution < -0.4 is 5.32 Å². The number of rotatable bonds is 6. The van der Waals surface area contributed by atoms with E-state index in [4.69, 9.17) is 5.11 Å². The molecule has 0 fully saturated rings. The normalized spacial score (nSPS) is 13.4. The second-order valence-corrected chi connectivity index (χ2v) is 6.93. The van der Waals surface area contributed by atoms with Gasteiger partial charge >= 0.3 is 5.97 Å². The van der Waals surface area contributed by atoms with E-state index in [1.165, 1.54) is 0 Å². The molecule has 3 rings (SSSR count). The first-order valence-electron chi connectivity index (χ1n) is 9.46. The number of benzene rings is 2. The second-order valence-electron chi connectivity index (χ2n) is 6.93. The number of carbonyl (C=O) groups excluding carboxylic acids is 2. The molecule has 0 atom stereocenters. The summed E-state index contributed by atoms with van der Waals surface area (Å²) in [6, 6.07) is 14.6. The average molecular weight is 380 g/mol. The van der Waals surface area contributed by atoms with Crippen molar-refractivity contribution in [3.05, 3.63) is 70.8 Å². The minimum atomic E-state index is -0.939. The fraction of sp³-hybridized carbons (Fsp3) is 0.318. The Morgan fingerprint density at radius 2 is 1.68 bits per heavy atom. The fourth-order valence-electron chi connectivity index (χ4n) is 3.42. The molecule has 2 amide bonds. The Hall–Kier alpha value is -3.15. The number of carbonyl (C=O) groups is 3. The zero-order chi connectivity index (χ0) is 19.9. The van der Waals surface area contributed by atoms with Crippen molar-refractivity contribution >= 4 is 17.8 Å². The molecule has 0 bridgehead atoms. The van der Waals surface area contributed by atoms with Crippen molar-refractivity contribution < 1.29 is 19.5 Å². The van der Waals surface area contributed by atoms with Crippen molar-refractivity contribution in [1.82, 2.24) is 10.2 Å². The van der Waals surface area contributed by atoms with E-state index in [1.807, 2.05) is 36.4 Å². The van der Waals surface area contributed by atoms with Crippen LogP contribution in [0.2, 0.25) is 0 Å². The molecule has 6 nitrogen and oxygen atoms in total. The minimum absolute atomic E-state index is 0.00581. The highest BCUT2D eigenvalue weighted by atomic mass is 16.4. The fourth-order valence-corrected chi connectivity index (χ4v) is 3.42. The SMILES string of the molecule is O=C(Cc1ccccc1)NCCC(=O)N1CCc2ccc(C(=O)O)cc2CC1. The number of nitrogens with zero attached hydrogens (tertiary/aromatic N) is 1. The third-order valence-electron chi connectivity index (χ3n) is 4.98. The smallest absolute Gasteiger partial charge is 0.335 e. The van der Waals surface area contributed by atoms with Crippen molar-refractivity contribution in [2.75, 3.05) is 19.6 Å². The maximum atomic E-state index is 12.5. The Morgan fingerprint density at radius 1 is 0.964 bits per heavy atom. The molecule has 2 N–H and O–H groups in total. The molecular formula is C22H24N2O4. The van der Waals surface area contributed by atoms with Gasteiger partial charge in [0.05, 0.1) is 12.0 Å². The van der Waals surface area contributed by atoms with Crippen LogP contribution in [-0.4, -0.2) is 47.4 Å². The summed E-state index contributed by atoms with van der Waals surface area (Å²) in [5, 5.41) is 11.9. The number of hydrogen-bond acceptors (Lipinski definition) is 3. The van der Waals surface area contributed by atoms with Gasteiger partial charge in [0.25, 0.3) is 0 Å². The molecule has 0 unspecified atom stereocenters. The maximum Gasteiger partial charge on any atom is 0.335 e. The van der Waals surface area contributed by atoms with Gasteiger partial charge < -0.3 is 15.3 Å². The average Bonchev–Trinajstić information content (AvgIpc) is 2.90. The third kappa shape index (κ3) is 5.19. The van der Waals surface area contributed by atoms with Crippen LogP contribution in [0.5, 0.6) is 0 Å². The summed E-state index contributed by atoms with van der Waals surface area (Å²) in [6.45, 7) is 1.49. The molecular weight excluding hydrogens is 356 g/mol. The predicted molar refractivity (Wildman–Crippen MR) is 105 cm³/mol. The summed E-state index contributed by atoms with van der Waals surface area (Å²) < 4.78 is 0. The molecule has 1 aliphatic rings. The van der Waals surface area contributed by atoms with Crippen molar-refractivity contribution in [2.24, 2.45) is 0 Å². The van der Waals surface area contributed by atoms with Crippen molar-refractivity contribution in [3.63, 3.8) is 0 Å². The molecule has 0 saturated heterocycles. The van der Waals surface area contributed by atoms with E-state index in [1.54, 1.807) is 17.0 Å². The van der Waals surface area contributed by atoms with Crippen molar-refractivity contribution in [1.29, 1.82) is 0 Å². The molecule has 0 saturated carbocycles. The zero-order valence-electron chi connectivity index (χ0n) is 15.7. The van der Waals surface area contributed by atoms with Crippen LogP contribution in [0.1, 0.15) is 33.5 Å². The van der Waals surface area contributed by atoms with E-state index in [-0.39, 0.29) is 23.8 Å². The standard InChI is InChI=1S/C22H24N2O4/c25-20(14-16-4-2-1-3-5-16)23-11-8-21(26)24-12-9-17-6-7-19(22(27)28)15-18(17)10-13-24/h1-7,15H,8-14H2,(H,23,25)(H,27,28). The van der Waals surface area contributed by atoms with Gasteiger partial charge in [-0.1, -0.05) is 36.4 Å². The first kappa shape index (κ1) is 19.6. The lowest BCUT2D eigenvalue weighted by Gasteiger charge is -2.20. The lowest BCUT2D eigenvalue weighted by molar-refractivity contribution is -0.131. The predicted octanol–water partition coefficient (Wildman–Crippen LogP) is 2.06. The Balaban J connectivity index is 1.46. The van der Waals surface area contributed by atoms with Gasteiger partial charge in [0, 0.05) is 26.1 Å². The molecule has 1 heterocycles. The van der Waals surface area contributed by atoms with Crippen LogP contribution in [0.4, 0.5) is 0 Å². The number of hydrogen-bond donors (Lipinski definition) is 2. The van der Waals surface area contributed by atoms with Crippen LogP contribution in [0.25, 0.3) is 0 Å². The van der Waals surface area contributed by atoms with E-state index in [9.17, 15) is 14.4 Å². The molecule has 0 aromatic heterocycles. The molecule has 0 radical (unpaired) electrons. The van der Waals surface area contributed by atoms with E-state index in [0.717, 1.165) is 16.7 Å². The van der Waals surface area contributed by atoms with Crippen LogP contribution in [0.3, 0.4) is 0 Å². The number of carboxylic acid groups (broad SMARTS) is 1. The first-order chi connectivity index (χ1) is 13.5. The van der Waals surface area contributed by atoms with E-state index in [0.29, 0.717) is 38.9 Å². The zero-order valence-corrected chi connectivity index (χ0v) is 15.7. The van der Waals surface area contributed by atoms with Gasteiger partial charge in [-0.15, -0.1) is 0 Å². The molecule has 0 spiro atoms. The summed E-state index contributed by atoms with van der Waals surface area (Å²) in [5.74, 6) is -1.03. The quantitative estimate of drug-likeness (QED) is 0.803. The van der Waals surface area contributed by atoms with Crippen LogP contribution in [-0.2, 0) is 28.9 Å². The van der Waals surface area contributed by atoms with Crippen LogP contribution >= 0.6 is 0 Å². The highest BCUT2D eigenvalue weighted by Crippen LogP contribution is 2.18. The first-order valence-corrected chi connectivity index (χ1v) is 9.46. The van der Waals surface area contributed by atoms with Crippen LogP contribution in [0.15, 0.2) is 48.5 Å². The molecule has 2 aromatic rings. The van der Waals surface area contributed by atoms with Gasteiger partial charge in [0.2, 0.25) is 11.8 Å². The molecule has 28 heavy (non-hydrogen) atoms. The molecule has 6 heteroatoms. The van der Waals surface area contributed by atoms with E-state index in [2.05, 4.69) is 5.32 Å². The topological polar surface area (TPSA) is 86.7 Å². The highest BCUT2D eigenvalue weighted by Gasteiger charge is 2.19. The Morgan fingerprint density at radius 3 is 2.39 bits per heavy atom. The highest BCUT2D eigenvalue weighted by molar-refractivity contribution is 5.88.